The molecular weight excluding hydrogens is 336 g/mol. The van der Waals surface area contributed by atoms with Crippen LogP contribution < -0.4 is 20.1 Å². The van der Waals surface area contributed by atoms with Crippen LogP contribution in [0.25, 0.3) is 6.08 Å². The molecule has 2 aromatic rings. The molecule has 0 aliphatic heterocycles. The minimum absolute atomic E-state index is 0.211. The second-order valence-corrected chi connectivity index (χ2v) is 5.39. The summed E-state index contributed by atoms with van der Waals surface area (Å²) in [6, 6.07) is 14.8. The second kappa shape index (κ2) is 9.44. The van der Waals surface area contributed by atoms with Gasteiger partial charge in [-0.05, 0) is 43.4 Å². The molecule has 0 aromatic heterocycles. The van der Waals surface area contributed by atoms with Crippen molar-refractivity contribution in [3.05, 3.63) is 60.2 Å². The number of para-hydroxylation sites is 1. The highest BCUT2D eigenvalue weighted by atomic mass is 32.1. The molecule has 0 aliphatic rings. The predicted molar refractivity (Wildman–Crippen MR) is 104 cm³/mol. The number of carbonyl (C=O) groups is 1. The number of carbonyl (C=O) groups excluding carboxylic acids is 1. The lowest BCUT2D eigenvalue weighted by molar-refractivity contribution is -0.115. The minimum atomic E-state index is -0.329. The van der Waals surface area contributed by atoms with Crippen LogP contribution in [0.2, 0.25) is 0 Å². The van der Waals surface area contributed by atoms with Gasteiger partial charge in [0.25, 0.3) is 0 Å². The molecule has 0 aliphatic carbocycles. The van der Waals surface area contributed by atoms with E-state index in [0.29, 0.717) is 12.4 Å². The average molecular weight is 356 g/mol. The lowest BCUT2D eigenvalue weighted by Gasteiger charge is -2.10. The van der Waals surface area contributed by atoms with Gasteiger partial charge in [0.2, 0.25) is 5.91 Å². The van der Waals surface area contributed by atoms with Gasteiger partial charge in [0.05, 0.1) is 13.7 Å². The molecular formula is C19H20N2O3S. The number of ether oxygens (including phenoxy) is 2. The molecule has 2 rings (SSSR count). The maximum absolute atomic E-state index is 12.0. The minimum Gasteiger partial charge on any atom is -0.496 e. The standard InChI is InChI=1S/C19H20N2O3S/c1-3-24-16-9-6-8-15(13-16)20-19(25)21-18(22)12-11-14-7-4-5-10-17(14)23-2/h4-13H,3H2,1-2H3,(H2,20,21,22,25)/b12-11+. The lowest BCUT2D eigenvalue weighted by Crippen LogP contribution is -2.32. The van der Waals surface area contributed by atoms with E-state index in [9.17, 15) is 4.79 Å². The third-order valence-corrected chi connectivity index (χ3v) is 3.40. The molecule has 6 heteroatoms. The van der Waals surface area contributed by atoms with Crippen LogP contribution in [0.3, 0.4) is 0 Å². The van der Waals surface area contributed by atoms with Gasteiger partial charge in [-0.3, -0.25) is 10.1 Å². The fourth-order valence-electron chi connectivity index (χ4n) is 2.12. The van der Waals surface area contributed by atoms with Gasteiger partial charge in [0.1, 0.15) is 11.5 Å². The van der Waals surface area contributed by atoms with E-state index in [-0.39, 0.29) is 11.0 Å². The molecule has 1 amide bonds. The van der Waals surface area contributed by atoms with Crippen molar-refractivity contribution < 1.29 is 14.3 Å². The zero-order chi connectivity index (χ0) is 18.1. The van der Waals surface area contributed by atoms with Crippen LogP contribution in [0.1, 0.15) is 12.5 Å². The van der Waals surface area contributed by atoms with E-state index in [1.807, 2.05) is 55.5 Å². The van der Waals surface area contributed by atoms with Gasteiger partial charge in [-0.1, -0.05) is 24.3 Å². The lowest BCUT2D eigenvalue weighted by atomic mass is 10.2. The van der Waals surface area contributed by atoms with Crippen molar-refractivity contribution in [2.24, 2.45) is 0 Å². The fraction of sp³-hybridized carbons (Fsp3) is 0.158. The molecule has 2 aromatic carbocycles. The molecule has 0 bridgehead atoms. The van der Waals surface area contributed by atoms with E-state index in [2.05, 4.69) is 10.6 Å². The number of methoxy groups -OCH3 is 1. The Hall–Kier alpha value is -2.86. The summed E-state index contributed by atoms with van der Waals surface area (Å²) < 4.78 is 10.7. The zero-order valence-corrected chi connectivity index (χ0v) is 14.9. The Morgan fingerprint density at radius 3 is 2.76 bits per heavy atom. The molecule has 0 spiro atoms. The molecule has 0 unspecified atom stereocenters. The summed E-state index contributed by atoms with van der Waals surface area (Å²) in [5.74, 6) is 1.10. The third-order valence-electron chi connectivity index (χ3n) is 3.19. The van der Waals surface area contributed by atoms with E-state index < -0.39 is 0 Å². The van der Waals surface area contributed by atoms with Crippen LogP contribution in [-0.4, -0.2) is 24.7 Å². The van der Waals surface area contributed by atoms with Crippen LogP contribution in [0, 0.1) is 0 Å². The fourth-order valence-corrected chi connectivity index (χ4v) is 2.33. The molecule has 5 nitrogen and oxygen atoms in total. The first-order valence-electron chi connectivity index (χ1n) is 7.78. The molecule has 0 fully saturated rings. The molecule has 0 atom stereocenters. The van der Waals surface area contributed by atoms with Gasteiger partial charge in [0, 0.05) is 23.4 Å². The topological polar surface area (TPSA) is 59.6 Å². The highest BCUT2D eigenvalue weighted by Crippen LogP contribution is 2.19. The summed E-state index contributed by atoms with van der Waals surface area (Å²) in [5.41, 5.74) is 1.55. The number of hydrogen-bond donors (Lipinski definition) is 2. The van der Waals surface area contributed by atoms with Crippen molar-refractivity contribution in [1.29, 1.82) is 0 Å². The summed E-state index contributed by atoms with van der Waals surface area (Å²) in [5, 5.41) is 5.77. The van der Waals surface area contributed by atoms with Crippen molar-refractivity contribution in [2.75, 3.05) is 19.0 Å². The smallest absolute Gasteiger partial charge is 0.250 e. The normalized spacial score (nSPS) is 10.3. The van der Waals surface area contributed by atoms with E-state index in [0.717, 1.165) is 17.0 Å². The van der Waals surface area contributed by atoms with Gasteiger partial charge >= 0.3 is 0 Å². The number of amides is 1. The molecule has 0 heterocycles. The van der Waals surface area contributed by atoms with Crippen LogP contribution in [0.4, 0.5) is 5.69 Å². The van der Waals surface area contributed by atoms with Crippen LogP contribution in [-0.2, 0) is 4.79 Å². The Labute approximate surface area is 152 Å². The van der Waals surface area contributed by atoms with Gasteiger partial charge in [-0.2, -0.15) is 0 Å². The molecule has 0 radical (unpaired) electrons. The van der Waals surface area contributed by atoms with Crippen LogP contribution >= 0.6 is 12.2 Å². The second-order valence-electron chi connectivity index (χ2n) is 4.98. The van der Waals surface area contributed by atoms with E-state index >= 15 is 0 Å². The Balaban J connectivity index is 1.93. The van der Waals surface area contributed by atoms with Crippen molar-refractivity contribution in [2.45, 2.75) is 6.92 Å². The Morgan fingerprint density at radius 2 is 2.00 bits per heavy atom. The quantitative estimate of drug-likeness (QED) is 0.611. The van der Waals surface area contributed by atoms with Crippen molar-refractivity contribution in [3.8, 4) is 11.5 Å². The highest BCUT2D eigenvalue weighted by molar-refractivity contribution is 7.80. The zero-order valence-electron chi connectivity index (χ0n) is 14.1. The van der Waals surface area contributed by atoms with E-state index in [1.54, 1.807) is 13.2 Å². The number of anilines is 1. The maximum atomic E-state index is 12.0. The SMILES string of the molecule is CCOc1cccc(NC(=S)NC(=O)/C=C/c2ccccc2OC)c1. The van der Waals surface area contributed by atoms with E-state index in [4.69, 9.17) is 21.7 Å². The maximum Gasteiger partial charge on any atom is 0.250 e. The molecule has 2 N–H and O–H groups in total. The van der Waals surface area contributed by atoms with E-state index in [1.165, 1.54) is 6.08 Å². The molecule has 0 saturated carbocycles. The summed E-state index contributed by atoms with van der Waals surface area (Å²) >= 11 is 5.16. The number of hydrogen-bond acceptors (Lipinski definition) is 4. The Bertz CT molecular complexity index is 775. The van der Waals surface area contributed by atoms with Crippen molar-refractivity contribution in [1.82, 2.24) is 5.32 Å². The molecule has 0 saturated heterocycles. The van der Waals surface area contributed by atoms with Crippen LogP contribution in [0.5, 0.6) is 11.5 Å². The van der Waals surface area contributed by atoms with Gasteiger partial charge in [0.15, 0.2) is 5.11 Å². The highest BCUT2D eigenvalue weighted by Gasteiger charge is 2.04. The first-order valence-corrected chi connectivity index (χ1v) is 8.19. The van der Waals surface area contributed by atoms with Gasteiger partial charge in [-0.15, -0.1) is 0 Å². The first kappa shape index (κ1) is 18.5. The predicted octanol–water partition coefficient (Wildman–Crippen LogP) is 3.62. The molecule has 25 heavy (non-hydrogen) atoms. The Kier molecular flexibility index (Phi) is 6.98. The summed E-state index contributed by atoms with van der Waals surface area (Å²) in [4.78, 5) is 12.0. The van der Waals surface area contributed by atoms with Gasteiger partial charge in [-0.25, -0.2) is 0 Å². The van der Waals surface area contributed by atoms with Crippen molar-refractivity contribution >= 4 is 35.0 Å². The average Bonchev–Trinajstić information content (AvgIpc) is 2.60. The number of benzene rings is 2. The number of rotatable bonds is 6. The van der Waals surface area contributed by atoms with Crippen LogP contribution in [0.15, 0.2) is 54.6 Å². The number of thiocarbonyl (C=S) groups is 1. The number of nitrogens with one attached hydrogen (secondary N) is 2. The first-order chi connectivity index (χ1) is 12.1. The largest absolute Gasteiger partial charge is 0.496 e. The summed E-state index contributed by atoms with van der Waals surface area (Å²) in [6.07, 6.45) is 3.08. The Morgan fingerprint density at radius 1 is 1.20 bits per heavy atom. The molecule has 130 valence electrons. The van der Waals surface area contributed by atoms with Crippen molar-refractivity contribution in [3.63, 3.8) is 0 Å². The summed E-state index contributed by atoms with van der Waals surface area (Å²) in [6.45, 7) is 2.50. The van der Waals surface area contributed by atoms with Gasteiger partial charge < -0.3 is 14.8 Å². The third kappa shape index (κ3) is 5.93. The monoisotopic (exact) mass is 356 g/mol. The summed E-state index contributed by atoms with van der Waals surface area (Å²) in [7, 11) is 1.59.